The van der Waals surface area contributed by atoms with Gasteiger partial charge < -0.3 is 19.5 Å². The SMILES string of the molecule is O=C1Nc2ccccc2C12OCCC(Sc1ccccc1OC(F)(F)F)O2. The summed E-state index contributed by atoms with van der Waals surface area (Å²) < 4.78 is 53.6. The number of ether oxygens (including phenoxy) is 3. The summed E-state index contributed by atoms with van der Waals surface area (Å²) in [6, 6.07) is 12.8. The molecule has 2 atom stereocenters. The maximum atomic E-state index is 12.6. The summed E-state index contributed by atoms with van der Waals surface area (Å²) in [5.41, 5.74) is 0.558. The highest BCUT2D eigenvalue weighted by atomic mass is 32.2. The summed E-state index contributed by atoms with van der Waals surface area (Å²) in [7, 11) is 0. The van der Waals surface area contributed by atoms with Crippen molar-refractivity contribution in [2.45, 2.75) is 28.9 Å². The molecule has 2 aliphatic heterocycles. The van der Waals surface area contributed by atoms with E-state index in [2.05, 4.69) is 10.1 Å². The van der Waals surface area contributed by atoms with Crippen LogP contribution in [0.3, 0.4) is 0 Å². The van der Waals surface area contributed by atoms with E-state index in [1.165, 1.54) is 18.2 Å². The van der Waals surface area contributed by atoms with Gasteiger partial charge in [0.15, 0.2) is 0 Å². The number of amides is 1. The van der Waals surface area contributed by atoms with Crippen LogP contribution >= 0.6 is 11.8 Å². The van der Waals surface area contributed by atoms with Gasteiger partial charge in [0.05, 0.1) is 17.2 Å². The number of hydrogen-bond donors (Lipinski definition) is 1. The predicted molar refractivity (Wildman–Crippen MR) is 91.2 cm³/mol. The molecule has 0 aliphatic carbocycles. The zero-order valence-electron chi connectivity index (χ0n) is 13.8. The Labute approximate surface area is 156 Å². The number of rotatable bonds is 3. The Morgan fingerprint density at radius 3 is 2.70 bits per heavy atom. The molecule has 1 fully saturated rings. The van der Waals surface area contributed by atoms with Crippen molar-refractivity contribution in [2.24, 2.45) is 0 Å². The molecule has 0 radical (unpaired) electrons. The number of hydrogen-bond acceptors (Lipinski definition) is 5. The normalized spacial score (nSPS) is 24.6. The first kappa shape index (κ1) is 18.1. The van der Waals surface area contributed by atoms with Crippen LogP contribution in [0.25, 0.3) is 0 Å². The van der Waals surface area contributed by atoms with Gasteiger partial charge in [-0.05, 0) is 18.2 Å². The Hall–Kier alpha value is -2.23. The fraction of sp³-hybridized carbons (Fsp3) is 0.278. The molecule has 0 saturated carbocycles. The lowest BCUT2D eigenvalue weighted by molar-refractivity contribution is -0.275. The molecule has 2 aliphatic rings. The Bertz CT molecular complexity index is 876. The predicted octanol–water partition coefficient (Wildman–Crippen LogP) is 4.25. The third kappa shape index (κ3) is 3.50. The molecule has 0 aromatic heterocycles. The molecule has 1 N–H and O–H groups in total. The highest BCUT2D eigenvalue weighted by molar-refractivity contribution is 7.99. The molecule has 5 nitrogen and oxygen atoms in total. The fourth-order valence-corrected chi connectivity index (χ4v) is 4.09. The second kappa shape index (κ2) is 6.74. The molecule has 2 aromatic carbocycles. The Kier molecular flexibility index (Phi) is 4.53. The molecule has 0 bridgehead atoms. The zero-order valence-corrected chi connectivity index (χ0v) is 14.6. The number of para-hydroxylation sites is 2. The van der Waals surface area contributed by atoms with Crippen molar-refractivity contribution >= 4 is 23.4 Å². The summed E-state index contributed by atoms with van der Waals surface area (Å²) in [5.74, 6) is -2.35. The van der Waals surface area contributed by atoms with E-state index in [0.717, 1.165) is 11.8 Å². The summed E-state index contributed by atoms with van der Waals surface area (Å²) in [4.78, 5) is 12.8. The number of alkyl halides is 3. The Morgan fingerprint density at radius 2 is 1.89 bits per heavy atom. The van der Waals surface area contributed by atoms with Crippen molar-refractivity contribution in [3.05, 3.63) is 54.1 Å². The van der Waals surface area contributed by atoms with Crippen molar-refractivity contribution in [1.82, 2.24) is 0 Å². The topological polar surface area (TPSA) is 56.8 Å². The molecule has 2 heterocycles. The highest BCUT2D eigenvalue weighted by Gasteiger charge is 2.53. The molecule has 1 spiro atoms. The third-order valence-electron chi connectivity index (χ3n) is 4.12. The number of halogens is 3. The smallest absolute Gasteiger partial charge is 0.405 e. The van der Waals surface area contributed by atoms with Crippen molar-refractivity contribution in [2.75, 3.05) is 11.9 Å². The second-order valence-electron chi connectivity index (χ2n) is 5.91. The number of benzene rings is 2. The first-order valence-electron chi connectivity index (χ1n) is 8.11. The molecule has 2 unspecified atom stereocenters. The van der Waals surface area contributed by atoms with E-state index in [-0.39, 0.29) is 17.3 Å². The first-order valence-corrected chi connectivity index (χ1v) is 8.99. The lowest BCUT2D eigenvalue weighted by atomic mass is 10.1. The van der Waals surface area contributed by atoms with Crippen LogP contribution in [0.2, 0.25) is 0 Å². The number of carbonyl (C=O) groups excluding carboxylic acids is 1. The van der Waals surface area contributed by atoms with Crippen LogP contribution in [0, 0.1) is 0 Å². The molecular formula is C18H14F3NO4S. The first-order chi connectivity index (χ1) is 12.9. The molecule has 2 aromatic rings. The highest BCUT2D eigenvalue weighted by Crippen LogP contribution is 2.46. The summed E-state index contributed by atoms with van der Waals surface area (Å²) in [6.45, 7) is 0.224. The van der Waals surface area contributed by atoms with Crippen molar-refractivity contribution < 1.29 is 32.2 Å². The summed E-state index contributed by atoms with van der Waals surface area (Å²) >= 11 is 1.06. The van der Waals surface area contributed by atoms with Gasteiger partial charge in [-0.2, -0.15) is 0 Å². The molecule has 1 amide bonds. The van der Waals surface area contributed by atoms with E-state index in [4.69, 9.17) is 9.47 Å². The van der Waals surface area contributed by atoms with Crippen molar-refractivity contribution in [1.29, 1.82) is 0 Å². The van der Waals surface area contributed by atoms with Crippen LogP contribution in [-0.2, 0) is 20.1 Å². The van der Waals surface area contributed by atoms with Gasteiger partial charge in [0.1, 0.15) is 11.2 Å². The number of carbonyl (C=O) groups is 1. The molecule has 27 heavy (non-hydrogen) atoms. The van der Waals surface area contributed by atoms with Crippen molar-refractivity contribution in [3.8, 4) is 5.75 Å². The van der Waals surface area contributed by atoms with E-state index >= 15 is 0 Å². The van der Waals surface area contributed by atoms with Gasteiger partial charge in [0.2, 0.25) is 0 Å². The van der Waals surface area contributed by atoms with Crippen LogP contribution in [-0.4, -0.2) is 24.3 Å². The van der Waals surface area contributed by atoms with Gasteiger partial charge in [-0.3, -0.25) is 4.79 Å². The number of fused-ring (bicyclic) bond motifs is 2. The van der Waals surface area contributed by atoms with Crippen molar-refractivity contribution in [3.63, 3.8) is 0 Å². The minimum Gasteiger partial charge on any atom is -0.405 e. The number of nitrogens with one attached hydrogen (secondary N) is 1. The van der Waals surface area contributed by atoms with Gasteiger partial charge in [0, 0.05) is 12.0 Å². The van der Waals surface area contributed by atoms with E-state index in [1.807, 2.05) is 0 Å². The minimum atomic E-state index is -4.79. The van der Waals surface area contributed by atoms with E-state index < -0.39 is 23.5 Å². The van der Waals surface area contributed by atoms with Gasteiger partial charge in [-0.25, -0.2) is 0 Å². The van der Waals surface area contributed by atoms with Gasteiger partial charge in [-0.1, -0.05) is 42.1 Å². The average molecular weight is 397 g/mol. The average Bonchev–Trinajstić information content (AvgIpc) is 2.88. The van der Waals surface area contributed by atoms with Crippen LogP contribution in [0.5, 0.6) is 5.75 Å². The van der Waals surface area contributed by atoms with Crippen LogP contribution in [0.15, 0.2) is 53.4 Å². The second-order valence-corrected chi connectivity index (χ2v) is 7.11. The maximum absolute atomic E-state index is 12.6. The zero-order chi connectivity index (χ0) is 19.1. The van der Waals surface area contributed by atoms with Gasteiger partial charge in [-0.15, -0.1) is 13.2 Å². The lowest BCUT2D eigenvalue weighted by Crippen LogP contribution is -2.46. The fourth-order valence-electron chi connectivity index (χ4n) is 3.02. The molecule has 142 valence electrons. The Balaban J connectivity index is 1.58. The van der Waals surface area contributed by atoms with E-state index in [9.17, 15) is 18.0 Å². The van der Waals surface area contributed by atoms with E-state index in [0.29, 0.717) is 17.7 Å². The molecule has 9 heteroatoms. The third-order valence-corrected chi connectivity index (χ3v) is 5.30. The van der Waals surface area contributed by atoms with Gasteiger partial charge in [0.25, 0.3) is 11.7 Å². The number of thioether (sulfide) groups is 1. The van der Waals surface area contributed by atoms with Crippen LogP contribution < -0.4 is 10.1 Å². The van der Waals surface area contributed by atoms with Crippen LogP contribution in [0.4, 0.5) is 18.9 Å². The van der Waals surface area contributed by atoms with Crippen LogP contribution in [0.1, 0.15) is 12.0 Å². The molecule has 4 rings (SSSR count). The molecule has 1 saturated heterocycles. The van der Waals surface area contributed by atoms with E-state index in [1.54, 1.807) is 30.3 Å². The lowest BCUT2D eigenvalue weighted by Gasteiger charge is -2.36. The summed E-state index contributed by atoms with van der Waals surface area (Å²) in [6.07, 6.45) is -4.39. The number of anilines is 1. The quantitative estimate of drug-likeness (QED) is 0.840. The Morgan fingerprint density at radius 1 is 1.15 bits per heavy atom. The minimum absolute atomic E-state index is 0.224. The maximum Gasteiger partial charge on any atom is 0.573 e. The monoisotopic (exact) mass is 397 g/mol. The summed E-state index contributed by atoms with van der Waals surface area (Å²) in [5, 5.41) is 2.71. The largest absolute Gasteiger partial charge is 0.573 e. The standard InChI is InChI=1S/C18H14F3NO4S/c19-18(20,21)25-13-7-3-4-8-14(13)27-15-9-10-24-17(26-15)11-5-1-2-6-12(11)22-16(17)23/h1-8,15H,9-10H2,(H,22,23). The molecular weight excluding hydrogens is 383 g/mol. The van der Waals surface area contributed by atoms with Gasteiger partial charge >= 0.3 is 6.36 Å².